The molecule has 3 rings (SSSR count). The Kier molecular flexibility index (Phi) is 3.09. The minimum absolute atomic E-state index is 0.557. The zero-order valence-corrected chi connectivity index (χ0v) is 11.7. The molecule has 1 aromatic rings. The fraction of sp³-hybridized carbons (Fsp3) is 0.615. The molecule has 1 atom stereocenters. The van der Waals surface area contributed by atoms with Crippen molar-refractivity contribution in [1.29, 1.82) is 0 Å². The first-order chi connectivity index (χ1) is 8.24. The molecule has 3 nitrogen and oxygen atoms in total. The van der Waals surface area contributed by atoms with Gasteiger partial charge in [0.2, 0.25) is 0 Å². The molecule has 1 saturated carbocycles. The summed E-state index contributed by atoms with van der Waals surface area (Å²) in [5.41, 5.74) is 1.24. The number of halogens is 1. The molecule has 0 spiro atoms. The van der Waals surface area contributed by atoms with Crippen LogP contribution in [0.5, 0.6) is 0 Å². The third-order valence-corrected chi connectivity index (χ3v) is 4.71. The quantitative estimate of drug-likeness (QED) is 0.929. The highest BCUT2D eigenvalue weighted by atomic mass is 79.9. The van der Waals surface area contributed by atoms with Crippen LogP contribution in [0, 0.1) is 6.92 Å². The van der Waals surface area contributed by atoms with Gasteiger partial charge in [0.15, 0.2) is 0 Å². The van der Waals surface area contributed by atoms with Crippen molar-refractivity contribution in [3.8, 4) is 0 Å². The van der Waals surface area contributed by atoms with Crippen molar-refractivity contribution in [2.75, 3.05) is 18.4 Å². The van der Waals surface area contributed by atoms with Gasteiger partial charge in [0.25, 0.3) is 0 Å². The molecule has 2 aliphatic rings. The van der Waals surface area contributed by atoms with E-state index >= 15 is 0 Å². The lowest BCUT2D eigenvalue weighted by Gasteiger charge is -2.17. The first kappa shape index (κ1) is 11.5. The van der Waals surface area contributed by atoms with Crippen molar-refractivity contribution in [1.82, 2.24) is 9.88 Å². The highest BCUT2D eigenvalue weighted by Crippen LogP contribution is 2.31. The number of rotatable bonds is 3. The first-order valence-corrected chi connectivity index (χ1v) is 7.15. The van der Waals surface area contributed by atoms with Gasteiger partial charge >= 0.3 is 0 Å². The molecule has 1 unspecified atom stereocenters. The van der Waals surface area contributed by atoms with Crippen LogP contribution in [0.1, 0.15) is 24.8 Å². The van der Waals surface area contributed by atoms with Gasteiger partial charge in [-0.15, -0.1) is 0 Å². The molecule has 0 bridgehead atoms. The molecule has 1 saturated heterocycles. The van der Waals surface area contributed by atoms with E-state index in [1.165, 1.54) is 37.9 Å². The predicted octanol–water partition coefficient (Wildman–Crippen LogP) is 2.80. The molecule has 1 aliphatic carbocycles. The van der Waals surface area contributed by atoms with Gasteiger partial charge in [-0.25, -0.2) is 4.98 Å². The number of hydrogen-bond acceptors (Lipinski definition) is 3. The Balaban J connectivity index is 1.65. The van der Waals surface area contributed by atoms with Crippen molar-refractivity contribution >= 4 is 21.7 Å². The molecule has 0 radical (unpaired) electrons. The minimum Gasteiger partial charge on any atom is -0.365 e. The molecule has 4 heteroatoms. The lowest BCUT2D eigenvalue weighted by atomic mass is 10.2. The van der Waals surface area contributed by atoms with E-state index in [0.717, 1.165) is 16.3 Å². The number of hydrogen-bond donors (Lipinski definition) is 1. The second-order valence-electron chi connectivity index (χ2n) is 5.15. The highest BCUT2D eigenvalue weighted by Gasteiger charge is 2.34. The number of anilines is 1. The second kappa shape index (κ2) is 4.58. The topological polar surface area (TPSA) is 28.2 Å². The Bertz CT molecular complexity index is 417. The van der Waals surface area contributed by atoms with Crippen LogP contribution >= 0.6 is 15.9 Å². The fourth-order valence-corrected chi connectivity index (χ4v) is 2.86. The van der Waals surface area contributed by atoms with Gasteiger partial charge in [0.05, 0.1) is 4.47 Å². The maximum Gasteiger partial charge on any atom is 0.140 e. The summed E-state index contributed by atoms with van der Waals surface area (Å²) in [7, 11) is 0. The molecular weight excluding hydrogens is 278 g/mol. The zero-order chi connectivity index (χ0) is 11.8. The summed E-state index contributed by atoms with van der Waals surface area (Å²) in [5, 5.41) is 3.56. The van der Waals surface area contributed by atoms with Gasteiger partial charge in [0, 0.05) is 31.4 Å². The third kappa shape index (κ3) is 2.47. The Hall–Kier alpha value is -0.610. The summed E-state index contributed by atoms with van der Waals surface area (Å²) in [6.45, 7) is 4.51. The van der Waals surface area contributed by atoms with Gasteiger partial charge in [-0.05, 0) is 53.7 Å². The first-order valence-electron chi connectivity index (χ1n) is 6.36. The monoisotopic (exact) mass is 295 g/mol. The smallest absolute Gasteiger partial charge is 0.140 e. The maximum atomic E-state index is 4.41. The van der Waals surface area contributed by atoms with E-state index in [-0.39, 0.29) is 0 Å². The van der Waals surface area contributed by atoms with E-state index in [1.54, 1.807) is 0 Å². The number of aryl methyl sites for hydroxylation is 1. The molecule has 2 heterocycles. The van der Waals surface area contributed by atoms with Crippen LogP contribution in [-0.2, 0) is 0 Å². The van der Waals surface area contributed by atoms with Crippen LogP contribution in [-0.4, -0.2) is 35.1 Å². The highest BCUT2D eigenvalue weighted by molar-refractivity contribution is 9.10. The molecule has 92 valence electrons. The molecular formula is C13H18BrN3. The van der Waals surface area contributed by atoms with Gasteiger partial charge in [-0.3, -0.25) is 4.90 Å². The summed E-state index contributed by atoms with van der Waals surface area (Å²) in [5.74, 6) is 0.993. The standard InChI is InChI=1S/C13H18BrN3/c1-9-4-6-15-13(12(9)14)16-10-5-7-17(8-10)11-2-3-11/h4,6,10-11H,2-3,5,7-8H2,1H3,(H,15,16). The number of nitrogens with one attached hydrogen (secondary N) is 1. The predicted molar refractivity (Wildman–Crippen MR) is 73.3 cm³/mol. The average molecular weight is 296 g/mol. The summed E-state index contributed by atoms with van der Waals surface area (Å²) >= 11 is 3.61. The largest absolute Gasteiger partial charge is 0.365 e. The van der Waals surface area contributed by atoms with E-state index in [1.807, 2.05) is 12.3 Å². The van der Waals surface area contributed by atoms with E-state index in [4.69, 9.17) is 0 Å². The number of likely N-dealkylation sites (tertiary alicyclic amines) is 1. The summed E-state index contributed by atoms with van der Waals surface area (Å²) < 4.78 is 1.10. The van der Waals surface area contributed by atoms with Gasteiger partial charge < -0.3 is 5.32 Å². The maximum absolute atomic E-state index is 4.41. The molecule has 1 N–H and O–H groups in total. The van der Waals surface area contributed by atoms with Crippen molar-refractivity contribution in [2.24, 2.45) is 0 Å². The molecule has 1 aliphatic heterocycles. The van der Waals surface area contributed by atoms with E-state index < -0.39 is 0 Å². The van der Waals surface area contributed by atoms with Gasteiger partial charge in [-0.2, -0.15) is 0 Å². The Labute approximate surface area is 111 Å². The van der Waals surface area contributed by atoms with E-state index in [9.17, 15) is 0 Å². The van der Waals surface area contributed by atoms with Crippen LogP contribution in [0.15, 0.2) is 16.7 Å². The van der Waals surface area contributed by atoms with Crippen molar-refractivity contribution < 1.29 is 0 Å². The van der Waals surface area contributed by atoms with Crippen LogP contribution in [0.4, 0.5) is 5.82 Å². The summed E-state index contributed by atoms with van der Waals surface area (Å²) in [6.07, 6.45) is 5.91. The number of pyridine rings is 1. The summed E-state index contributed by atoms with van der Waals surface area (Å²) in [4.78, 5) is 7.02. The number of aromatic nitrogens is 1. The zero-order valence-electron chi connectivity index (χ0n) is 10.1. The SMILES string of the molecule is Cc1ccnc(NC2CCN(C3CC3)C2)c1Br. The Morgan fingerprint density at radius 1 is 1.41 bits per heavy atom. The van der Waals surface area contributed by atoms with Crippen molar-refractivity contribution in [3.63, 3.8) is 0 Å². The minimum atomic E-state index is 0.557. The number of nitrogens with zero attached hydrogens (tertiary/aromatic N) is 2. The second-order valence-corrected chi connectivity index (χ2v) is 5.94. The Morgan fingerprint density at radius 3 is 3.00 bits per heavy atom. The van der Waals surface area contributed by atoms with Crippen LogP contribution < -0.4 is 5.32 Å². The van der Waals surface area contributed by atoms with Gasteiger partial charge in [0.1, 0.15) is 5.82 Å². The van der Waals surface area contributed by atoms with E-state index in [2.05, 4.69) is 38.1 Å². The molecule has 0 amide bonds. The van der Waals surface area contributed by atoms with Crippen molar-refractivity contribution in [2.45, 2.75) is 38.3 Å². The average Bonchev–Trinajstić information content (AvgIpc) is 3.06. The van der Waals surface area contributed by atoms with Gasteiger partial charge in [-0.1, -0.05) is 0 Å². The lowest BCUT2D eigenvalue weighted by Crippen LogP contribution is -2.28. The van der Waals surface area contributed by atoms with Crippen LogP contribution in [0.3, 0.4) is 0 Å². The van der Waals surface area contributed by atoms with Crippen LogP contribution in [0.2, 0.25) is 0 Å². The van der Waals surface area contributed by atoms with Crippen LogP contribution in [0.25, 0.3) is 0 Å². The van der Waals surface area contributed by atoms with Crippen molar-refractivity contribution in [3.05, 3.63) is 22.3 Å². The molecule has 2 fully saturated rings. The normalized spacial score (nSPS) is 25.2. The third-order valence-electron chi connectivity index (χ3n) is 3.71. The molecule has 0 aromatic carbocycles. The lowest BCUT2D eigenvalue weighted by molar-refractivity contribution is 0.326. The molecule has 17 heavy (non-hydrogen) atoms. The van der Waals surface area contributed by atoms with E-state index in [0.29, 0.717) is 6.04 Å². The fourth-order valence-electron chi connectivity index (χ4n) is 2.51. The summed E-state index contributed by atoms with van der Waals surface area (Å²) in [6, 6.07) is 3.47. The Morgan fingerprint density at radius 2 is 2.24 bits per heavy atom. The molecule has 1 aromatic heterocycles.